The van der Waals surface area contributed by atoms with Gasteiger partial charge in [0.1, 0.15) is 0 Å². The molecule has 0 heterocycles. The maximum Gasteiger partial charge on any atom is 0.231 e. The molecule has 106 valence electrons. The van der Waals surface area contributed by atoms with Crippen LogP contribution < -0.4 is 10.6 Å². The Morgan fingerprint density at radius 1 is 1.28 bits per heavy atom. The summed E-state index contributed by atoms with van der Waals surface area (Å²) in [6.45, 7) is 5.73. The van der Waals surface area contributed by atoms with Crippen LogP contribution in [0.2, 0.25) is 0 Å². The number of hydrogen-bond acceptors (Lipinski definition) is 4. The molecule has 0 aromatic heterocycles. The van der Waals surface area contributed by atoms with Crippen molar-refractivity contribution in [3.05, 3.63) is 10.1 Å². The molecule has 0 saturated heterocycles. The summed E-state index contributed by atoms with van der Waals surface area (Å²) in [6, 6.07) is 0.661. The van der Waals surface area contributed by atoms with Gasteiger partial charge < -0.3 is 10.6 Å². The van der Waals surface area contributed by atoms with Crippen LogP contribution in [0.25, 0.3) is 0 Å². The normalized spacial score (nSPS) is 20.6. The molecule has 0 spiro atoms. The first-order chi connectivity index (χ1) is 8.58. The maximum atomic E-state index is 10.9. The van der Waals surface area contributed by atoms with E-state index in [4.69, 9.17) is 0 Å². The SMILES string of the molecule is CCC(C)(CNCCNC1CCCCC1)[N+](=O)[O-]. The Labute approximate surface area is 110 Å². The van der Waals surface area contributed by atoms with Crippen LogP contribution in [0, 0.1) is 10.1 Å². The van der Waals surface area contributed by atoms with Crippen molar-refractivity contribution in [2.45, 2.75) is 64.0 Å². The Balaban J connectivity index is 2.08. The van der Waals surface area contributed by atoms with Crippen LogP contribution in [0.5, 0.6) is 0 Å². The molecule has 1 fully saturated rings. The second kappa shape index (κ2) is 7.69. The highest BCUT2D eigenvalue weighted by molar-refractivity contribution is 4.76. The van der Waals surface area contributed by atoms with Crippen molar-refractivity contribution >= 4 is 0 Å². The Morgan fingerprint density at radius 2 is 1.94 bits per heavy atom. The molecule has 2 N–H and O–H groups in total. The van der Waals surface area contributed by atoms with E-state index in [0.29, 0.717) is 19.0 Å². The molecule has 0 amide bonds. The summed E-state index contributed by atoms with van der Waals surface area (Å²) in [5, 5.41) is 17.6. The first kappa shape index (κ1) is 15.4. The topological polar surface area (TPSA) is 67.2 Å². The maximum absolute atomic E-state index is 10.9. The summed E-state index contributed by atoms with van der Waals surface area (Å²) in [6.07, 6.45) is 7.15. The van der Waals surface area contributed by atoms with E-state index in [1.165, 1.54) is 32.1 Å². The standard InChI is InChI=1S/C13H27N3O2/c1-3-13(2,16(17)18)11-14-9-10-15-12-7-5-4-6-8-12/h12,14-15H,3-11H2,1-2H3. The molecule has 0 aliphatic heterocycles. The first-order valence-corrected chi connectivity index (χ1v) is 7.17. The van der Waals surface area contributed by atoms with E-state index in [1.807, 2.05) is 6.92 Å². The zero-order chi connectivity index (χ0) is 13.4. The highest BCUT2D eigenvalue weighted by Gasteiger charge is 2.34. The molecule has 0 radical (unpaired) electrons. The van der Waals surface area contributed by atoms with Crippen LogP contribution in [-0.2, 0) is 0 Å². The molecule has 1 atom stereocenters. The third-order valence-corrected chi connectivity index (χ3v) is 4.05. The Morgan fingerprint density at radius 3 is 2.50 bits per heavy atom. The van der Waals surface area contributed by atoms with Crippen molar-refractivity contribution in [2.75, 3.05) is 19.6 Å². The van der Waals surface area contributed by atoms with Crippen molar-refractivity contribution in [3.8, 4) is 0 Å². The number of nitrogens with zero attached hydrogens (tertiary/aromatic N) is 1. The molecule has 1 saturated carbocycles. The molecule has 1 aliphatic carbocycles. The first-order valence-electron chi connectivity index (χ1n) is 7.17. The summed E-state index contributed by atoms with van der Waals surface area (Å²) >= 11 is 0. The second-order valence-electron chi connectivity index (χ2n) is 5.57. The van der Waals surface area contributed by atoms with Crippen LogP contribution in [0.3, 0.4) is 0 Å². The zero-order valence-electron chi connectivity index (χ0n) is 11.7. The fraction of sp³-hybridized carbons (Fsp3) is 1.00. The summed E-state index contributed by atoms with van der Waals surface area (Å²) in [4.78, 5) is 10.7. The van der Waals surface area contributed by atoms with Crippen LogP contribution in [0.4, 0.5) is 0 Å². The average Bonchev–Trinajstić information content (AvgIpc) is 2.39. The predicted molar refractivity (Wildman–Crippen MR) is 73.4 cm³/mol. The van der Waals surface area contributed by atoms with E-state index in [0.717, 1.165) is 13.1 Å². The van der Waals surface area contributed by atoms with Crippen LogP contribution in [-0.4, -0.2) is 36.1 Å². The molecular formula is C13H27N3O2. The van der Waals surface area contributed by atoms with Crippen molar-refractivity contribution in [3.63, 3.8) is 0 Å². The summed E-state index contributed by atoms with van der Waals surface area (Å²) in [5.41, 5.74) is -0.829. The van der Waals surface area contributed by atoms with Gasteiger partial charge in [0.2, 0.25) is 5.54 Å². The molecule has 0 aromatic rings. The Bertz CT molecular complexity index is 255. The molecule has 1 rings (SSSR count). The third-order valence-electron chi connectivity index (χ3n) is 4.05. The van der Waals surface area contributed by atoms with Gasteiger partial charge in [-0.2, -0.15) is 0 Å². The summed E-state index contributed by atoms with van der Waals surface area (Å²) in [7, 11) is 0. The lowest BCUT2D eigenvalue weighted by Gasteiger charge is -2.23. The van der Waals surface area contributed by atoms with E-state index in [2.05, 4.69) is 10.6 Å². The smallest absolute Gasteiger partial charge is 0.231 e. The van der Waals surface area contributed by atoms with E-state index in [1.54, 1.807) is 6.92 Å². The number of hydrogen-bond donors (Lipinski definition) is 2. The van der Waals surface area contributed by atoms with E-state index < -0.39 is 5.54 Å². The molecule has 1 unspecified atom stereocenters. The lowest BCUT2D eigenvalue weighted by atomic mass is 9.95. The van der Waals surface area contributed by atoms with Gasteiger partial charge in [0, 0.05) is 37.4 Å². The van der Waals surface area contributed by atoms with Crippen LogP contribution in [0.1, 0.15) is 52.4 Å². The highest BCUT2D eigenvalue weighted by Crippen LogP contribution is 2.17. The van der Waals surface area contributed by atoms with Gasteiger partial charge in [0.15, 0.2) is 0 Å². The predicted octanol–water partition coefficient (Wildman–Crippen LogP) is 1.94. The molecule has 5 nitrogen and oxygen atoms in total. The van der Waals surface area contributed by atoms with Gasteiger partial charge in [0.25, 0.3) is 0 Å². The lowest BCUT2D eigenvalue weighted by Crippen LogP contribution is -2.46. The van der Waals surface area contributed by atoms with Gasteiger partial charge in [-0.05, 0) is 12.8 Å². The molecule has 1 aliphatic rings. The molecule has 18 heavy (non-hydrogen) atoms. The van der Waals surface area contributed by atoms with Crippen molar-refractivity contribution in [1.82, 2.24) is 10.6 Å². The van der Waals surface area contributed by atoms with Gasteiger partial charge >= 0.3 is 0 Å². The second-order valence-corrected chi connectivity index (χ2v) is 5.57. The van der Waals surface area contributed by atoms with Crippen LogP contribution in [0.15, 0.2) is 0 Å². The van der Waals surface area contributed by atoms with Gasteiger partial charge in [-0.25, -0.2) is 0 Å². The average molecular weight is 257 g/mol. The third kappa shape index (κ3) is 4.90. The van der Waals surface area contributed by atoms with Gasteiger partial charge in [0.05, 0.1) is 6.54 Å². The van der Waals surface area contributed by atoms with Gasteiger partial charge in [-0.15, -0.1) is 0 Å². The Hall–Kier alpha value is -0.680. The van der Waals surface area contributed by atoms with Crippen molar-refractivity contribution < 1.29 is 4.92 Å². The summed E-state index contributed by atoms with van der Waals surface area (Å²) < 4.78 is 0. The van der Waals surface area contributed by atoms with Crippen molar-refractivity contribution in [1.29, 1.82) is 0 Å². The molecular weight excluding hydrogens is 230 g/mol. The van der Waals surface area contributed by atoms with Crippen molar-refractivity contribution in [2.24, 2.45) is 0 Å². The van der Waals surface area contributed by atoms with Crippen LogP contribution >= 0.6 is 0 Å². The fourth-order valence-electron chi connectivity index (χ4n) is 2.35. The lowest BCUT2D eigenvalue weighted by molar-refractivity contribution is -0.563. The number of nitrogens with one attached hydrogen (secondary N) is 2. The molecule has 5 heteroatoms. The number of nitro groups is 1. The number of rotatable bonds is 8. The van der Waals surface area contributed by atoms with E-state index in [9.17, 15) is 10.1 Å². The monoisotopic (exact) mass is 257 g/mol. The minimum Gasteiger partial charge on any atom is -0.313 e. The molecule has 0 bridgehead atoms. The summed E-state index contributed by atoms with van der Waals surface area (Å²) in [5.74, 6) is 0. The zero-order valence-corrected chi connectivity index (χ0v) is 11.7. The largest absolute Gasteiger partial charge is 0.313 e. The highest BCUT2D eigenvalue weighted by atomic mass is 16.6. The van der Waals surface area contributed by atoms with Gasteiger partial charge in [-0.1, -0.05) is 26.2 Å². The van der Waals surface area contributed by atoms with E-state index >= 15 is 0 Å². The minimum atomic E-state index is -0.829. The minimum absolute atomic E-state index is 0.172. The molecule has 0 aromatic carbocycles. The van der Waals surface area contributed by atoms with E-state index in [-0.39, 0.29) is 4.92 Å². The quantitative estimate of drug-likeness (QED) is 0.396. The van der Waals surface area contributed by atoms with Gasteiger partial charge in [-0.3, -0.25) is 10.1 Å². The fourth-order valence-corrected chi connectivity index (χ4v) is 2.35. The Kier molecular flexibility index (Phi) is 6.57.